The van der Waals surface area contributed by atoms with Crippen molar-refractivity contribution in [1.29, 1.82) is 0 Å². The van der Waals surface area contributed by atoms with Crippen LogP contribution in [0, 0.1) is 11.6 Å². The normalized spacial score (nSPS) is 11.3. The first-order chi connectivity index (χ1) is 9.70. The molecule has 0 bridgehead atoms. The number of nitrogens with zero attached hydrogens (tertiary/aromatic N) is 3. The molecule has 0 N–H and O–H groups in total. The first-order valence-corrected chi connectivity index (χ1v) is 6.53. The monoisotopic (exact) mass is 297 g/mol. The molecule has 0 radical (unpaired) electrons. The summed E-state index contributed by atoms with van der Waals surface area (Å²) in [6.07, 6.45) is 1.94. The number of hydrogen-bond donors (Lipinski definition) is 0. The summed E-state index contributed by atoms with van der Waals surface area (Å²) in [6, 6.07) is 4.17. The van der Waals surface area contributed by atoms with E-state index in [-0.39, 0.29) is 12.1 Å². The van der Waals surface area contributed by atoms with E-state index in [1.54, 1.807) is 10.6 Å². The highest BCUT2D eigenvalue weighted by Crippen LogP contribution is 2.23. The minimum atomic E-state index is -0.921. The van der Waals surface area contributed by atoms with Crippen LogP contribution in [-0.4, -0.2) is 20.6 Å². The minimum Gasteiger partial charge on any atom is -0.359 e. The molecule has 0 atom stereocenters. The fourth-order valence-corrected chi connectivity index (χ4v) is 2.30. The van der Waals surface area contributed by atoms with Crippen LogP contribution in [-0.2, 0) is 13.0 Å². The second-order valence-corrected chi connectivity index (χ2v) is 4.64. The van der Waals surface area contributed by atoms with Gasteiger partial charge >= 0.3 is 0 Å². The van der Waals surface area contributed by atoms with E-state index in [1.165, 1.54) is 12.3 Å². The number of hydrogen-bond acceptors (Lipinski definition) is 3. The molecule has 0 saturated carbocycles. The molecule has 0 saturated heterocycles. The Morgan fingerprint density at radius 3 is 2.80 bits per heavy atom. The zero-order chi connectivity index (χ0) is 14.1. The van der Waals surface area contributed by atoms with Gasteiger partial charge in [0, 0.05) is 18.4 Å². The van der Waals surface area contributed by atoms with Crippen LogP contribution in [0.2, 0.25) is 0 Å². The highest BCUT2D eigenvalue weighted by atomic mass is 35.5. The van der Waals surface area contributed by atoms with Crippen molar-refractivity contribution in [2.45, 2.75) is 13.0 Å². The van der Waals surface area contributed by atoms with Gasteiger partial charge in [-0.1, -0.05) is 5.16 Å². The number of rotatable bonds is 4. The second kappa shape index (κ2) is 5.20. The van der Waals surface area contributed by atoms with Gasteiger partial charge < -0.3 is 9.09 Å². The van der Waals surface area contributed by atoms with Crippen LogP contribution < -0.4 is 0 Å². The minimum absolute atomic E-state index is 0.113. The van der Waals surface area contributed by atoms with E-state index in [2.05, 4.69) is 10.1 Å². The van der Waals surface area contributed by atoms with Gasteiger partial charge in [-0.25, -0.2) is 13.8 Å². The summed E-state index contributed by atoms with van der Waals surface area (Å²) in [7, 11) is 0. The molecule has 2 heterocycles. The standard InChI is InChI=1S/C13H10ClF2N3O/c14-5-3-11-18-10-2-1-9(15)12(16)13(10)19(11)7-8-4-6-17-20-8/h1-2,4,6H,3,5,7H2. The third kappa shape index (κ3) is 2.16. The lowest BCUT2D eigenvalue weighted by atomic mass is 10.3. The Morgan fingerprint density at radius 1 is 1.25 bits per heavy atom. The first-order valence-electron chi connectivity index (χ1n) is 5.99. The number of alkyl halides is 1. The highest BCUT2D eigenvalue weighted by Gasteiger charge is 2.18. The summed E-state index contributed by atoms with van der Waals surface area (Å²) in [6.45, 7) is 0.225. The van der Waals surface area contributed by atoms with Crippen LogP contribution in [0.5, 0.6) is 0 Å². The molecule has 0 fully saturated rings. The van der Waals surface area contributed by atoms with Gasteiger partial charge in [-0.2, -0.15) is 0 Å². The van der Waals surface area contributed by atoms with Gasteiger partial charge in [-0.15, -0.1) is 11.6 Å². The lowest BCUT2D eigenvalue weighted by Gasteiger charge is -2.06. The van der Waals surface area contributed by atoms with Gasteiger partial charge in [-0.3, -0.25) is 0 Å². The maximum Gasteiger partial charge on any atom is 0.184 e. The molecule has 3 rings (SSSR count). The summed E-state index contributed by atoms with van der Waals surface area (Å²) < 4.78 is 34.0. The van der Waals surface area contributed by atoms with Gasteiger partial charge in [0.1, 0.15) is 11.3 Å². The molecule has 0 spiro atoms. The van der Waals surface area contributed by atoms with Crippen LogP contribution in [0.25, 0.3) is 11.0 Å². The molecule has 1 aromatic carbocycles. The lowest BCUT2D eigenvalue weighted by Crippen LogP contribution is -2.06. The number of aryl methyl sites for hydroxylation is 1. The van der Waals surface area contributed by atoms with Crippen molar-refractivity contribution >= 4 is 22.6 Å². The van der Waals surface area contributed by atoms with Crippen molar-refractivity contribution in [2.75, 3.05) is 5.88 Å². The maximum atomic E-state index is 14.0. The highest BCUT2D eigenvalue weighted by molar-refractivity contribution is 6.17. The topological polar surface area (TPSA) is 43.9 Å². The molecular formula is C13H10ClF2N3O. The smallest absolute Gasteiger partial charge is 0.184 e. The van der Waals surface area contributed by atoms with E-state index < -0.39 is 11.6 Å². The molecule has 4 nitrogen and oxygen atoms in total. The number of fused-ring (bicyclic) bond motifs is 1. The fraction of sp³-hybridized carbons (Fsp3) is 0.231. The summed E-state index contributed by atoms with van der Waals surface area (Å²) in [4.78, 5) is 4.29. The predicted octanol–water partition coefficient (Wildman–Crippen LogP) is 3.13. The second-order valence-electron chi connectivity index (χ2n) is 4.26. The Morgan fingerprint density at radius 2 is 2.10 bits per heavy atom. The fourth-order valence-electron chi connectivity index (χ4n) is 2.13. The van der Waals surface area contributed by atoms with Crippen molar-refractivity contribution in [3.05, 3.63) is 47.6 Å². The molecule has 0 aliphatic heterocycles. The Bertz CT molecular complexity index is 740. The van der Waals surface area contributed by atoms with Crippen molar-refractivity contribution in [2.24, 2.45) is 0 Å². The van der Waals surface area contributed by atoms with E-state index in [1.807, 2.05) is 0 Å². The molecule has 0 aliphatic carbocycles. The van der Waals surface area contributed by atoms with Crippen molar-refractivity contribution in [3.8, 4) is 0 Å². The summed E-state index contributed by atoms with van der Waals surface area (Å²) in [5.74, 6) is -0.382. The largest absolute Gasteiger partial charge is 0.359 e. The third-order valence-electron chi connectivity index (χ3n) is 3.00. The molecule has 3 aromatic rings. The summed E-state index contributed by atoms with van der Waals surface area (Å²) in [5, 5.41) is 3.60. The van der Waals surface area contributed by atoms with Crippen molar-refractivity contribution < 1.29 is 13.3 Å². The number of aromatic nitrogens is 3. The van der Waals surface area contributed by atoms with Crippen LogP contribution in [0.4, 0.5) is 8.78 Å². The first kappa shape index (κ1) is 13.1. The number of halogens is 3. The average Bonchev–Trinajstić information content (AvgIpc) is 3.04. The van der Waals surface area contributed by atoms with Crippen molar-refractivity contribution in [3.63, 3.8) is 0 Å². The lowest BCUT2D eigenvalue weighted by molar-refractivity contribution is 0.375. The van der Waals surface area contributed by atoms with Gasteiger partial charge in [0.05, 0.1) is 18.3 Å². The van der Waals surface area contributed by atoms with E-state index in [9.17, 15) is 8.78 Å². The molecule has 104 valence electrons. The zero-order valence-corrected chi connectivity index (χ0v) is 11.1. The van der Waals surface area contributed by atoms with Gasteiger partial charge in [0.15, 0.2) is 17.4 Å². The Hall–Kier alpha value is -1.95. The quantitative estimate of drug-likeness (QED) is 0.695. The van der Waals surface area contributed by atoms with E-state index in [4.69, 9.17) is 16.1 Å². The molecule has 0 unspecified atom stereocenters. The number of benzene rings is 1. The molecule has 0 aliphatic rings. The molecule has 0 amide bonds. The number of imidazole rings is 1. The SMILES string of the molecule is Fc1ccc2nc(CCCl)n(Cc3ccno3)c2c1F. The Kier molecular flexibility index (Phi) is 3.40. The van der Waals surface area contributed by atoms with Gasteiger partial charge in [0.2, 0.25) is 0 Å². The van der Waals surface area contributed by atoms with Crippen LogP contribution in [0.15, 0.2) is 28.9 Å². The average molecular weight is 298 g/mol. The molecule has 20 heavy (non-hydrogen) atoms. The van der Waals surface area contributed by atoms with Gasteiger partial charge in [0.25, 0.3) is 0 Å². The zero-order valence-electron chi connectivity index (χ0n) is 10.3. The molecule has 2 aromatic heterocycles. The summed E-state index contributed by atoms with van der Waals surface area (Å²) in [5.41, 5.74) is 0.505. The van der Waals surface area contributed by atoms with E-state index in [0.29, 0.717) is 29.4 Å². The van der Waals surface area contributed by atoms with Gasteiger partial charge in [-0.05, 0) is 12.1 Å². The molecule has 7 heteroatoms. The Balaban J connectivity index is 2.19. The maximum absolute atomic E-state index is 14.0. The third-order valence-corrected chi connectivity index (χ3v) is 3.19. The molecular weight excluding hydrogens is 288 g/mol. The predicted molar refractivity (Wildman–Crippen MR) is 69.7 cm³/mol. The van der Waals surface area contributed by atoms with E-state index >= 15 is 0 Å². The Labute approximate surface area is 118 Å². The van der Waals surface area contributed by atoms with E-state index in [0.717, 1.165) is 6.07 Å². The summed E-state index contributed by atoms with van der Waals surface area (Å²) >= 11 is 5.73. The van der Waals surface area contributed by atoms with Crippen LogP contribution in [0.1, 0.15) is 11.6 Å². The van der Waals surface area contributed by atoms with Crippen LogP contribution >= 0.6 is 11.6 Å². The van der Waals surface area contributed by atoms with Crippen molar-refractivity contribution in [1.82, 2.24) is 14.7 Å². The van der Waals surface area contributed by atoms with Crippen LogP contribution in [0.3, 0.4) is 0 Å².